The van der Waals surface area contributed by atoms with Gasteiger partial charge >= 0.3 is 5.97 Å². The number of rotatable bonds is 7. The maximum absolute atomic E-state index is 13.8. The van der Waals surface area contributed by atoms with E-state index in [0.29, 0.717) is 11.3 Å². The lowest BCUT2D eigenvalue weighted by Crippen LogP contribution is -2.08. The van der Waals surface area contributed by atoms with Crippen molar-refractivity contribution in [2.75, 3.05) is 6.61 Å². The molecule has 0 radical (unpaired) electrons. The van der Waals surface area contributed by atoms with Crippen molar-refractivity contribution in [1.82, 2.24) is 0 Å². The van der Waals surface area contributed by atoms with Crippen molar-refractivity contribution in [3.05, 3.63) is 99.4 Å². The topological polar surface area (TPSA) is 75.0 Å². The average molecular weight is 466 g/mol. The van der Waals surface area contributed by atoms with Crippen LogP contribution in [0.15, 0.2) is 69.9 Å². The third-order valence-corrected chi connectivity index (χ3v) is 5.02. The van der Waals surface area contributed by atoms with Crippen molar-refractivity contribution in [3.8, 4) is 17.2 Å². The average Bonchev–Trinajstić information content (AvgIpc) is 2.82. The molecule has 1 heterocycles. The van der Waals surface area contributed by atoms with E-state index in [1.807, 2.05) is 0 Å². The second kappa shape index (κ2) is 9.74. The monoisotopic (exact) mass is 466 g/mol. The zero-order valence-corrected chi connectivity index (χ0v) is 18.4. The van der Waals surface area contributed by atoms with Crippen molar-refractivity contribution in [2.24, 2.45) is 0 Å². The number of aryl methyl sites for hydroxylation is 1. The fourth-order valence-electron chi connectivity index (χ4n) is 3.29. The van der Waals surface area contributed by atoms with Gasteiger partial charge in [0.15, 0.2) is 0 Å². The predicted octanol–water partition coefficient (Wildman–Crippen LogP) is 5.93. The third kappa shape index (κ3) is 4.76. The van der Waals surface area contributed by atoms with Crippen LogP contribution in [0.25, 0.3) is 11.0 Å². The van der Waals surface area contributed by atoms with Crippen molar-refractivity contribution in [1.29, 1.82) is 0 Å². The summed E-state index contributed by atoms with van der Waals surface area (Å²) in [4.78, 5) is 24.8. The summed E-state index contributed by atoms with van der Waals surface area (Å²) >= 11 is 0. The van der Waals surface area contributed by atoms with E-state index in [0.717, 1.165) is 12.1 Å². The lowest BCUT2D eigenvalue weighted by molar-refractivity contribution is 0.0526. The first-order valence-corrected chi connectivity index (χ1v) is 10.5. The Kier molecular flexibility index (Phi) is 6.58. The summed E-state index contributed by atoms with van der Waals surface area (Å²) in [5.41, 5.74) is -0.00357. The van der Waals surface area contributed by atoms with Crippen LogP contribution in [-0.2, 0) is 11.3 Å². The normalized spacial score (nSPS) is 10.8. The predicted molar refractivity (Wildman–Crippen MR) is 120 cm³/mol. The zero-order valence-electron chi connectivity index (χ0n) is 18.4. The van der Waals surface area contributed by atoms with Crippen molar-refractivity contribution >= 4 is 16.9 Å². The highest BCUT2D eigenvalue weighted by Crippen LogP contribution is 2.28. The number of hydrogen-bond acceptors (Lipinski definition) is 6. The Balaban J connectivity index is 1.56. The number of halogens is 2. The highest BCUT2D eigenvalue weighted by Gasteiger charge is 2.16. The summed E-state index contributed by atoms with van der Waals surface area (Å²) in [6.45, 7) is 3.23. The summed E-state index contributed by atoms with van der Waals surface area (Å²) in [7, 11) is 0. The first kappa shape index (κ1) is 23.0. The molecule has 3 aromatic carbocycles. The Morgan fingerprint density at radius 1 is 0.971 bits per heavy atom. The molecule has 0 aliphatic heterocycles. The number of carbonyl (C=O) groups is 1. The molecule has 1 aromatic heterocycles. The van der Waals surface area contributed by atoms with Crippen molar-refractivity contribution in [2.45, 2.75) is 20.5 Å². The molecule has 0 saturated carbocycles. The van der Waals surface area contributed by atoms with Crippen LogP contribution in [0.1, 0.15) is 28.6 Å². The van der Waals surface area contributed by atoms with Gasteiger partial charge in [-0.15, -0.1) is 0 Å². The molecule has 0 atom stereocenters. The van der Waals surface area contributed by atoms with Crippen LogP contribution in [0.2, 0.25) is 0 Å². The van der Waals surface area contributed by atoms with Crippen LogP contribution in [0.3, 0.4) is 0 Å². The minimum absolute atomic E-state index is 0.00141. The van der Waals surface area contributed by atoms with E-state index in [1.54, 1.807) is 26.0 Å². The molecule has 0 N–H and O–H groups in total. The van der Waals surface area contributed by atoms with Crippen LogP contribution < -0.4 is 14.9 Å². The van der Waals surface area contributed by atoms with Gasteiger partial charge < -0.3 is 18.6 Å². The zero-order chi connectivity index (χ0) is 24.2. The molecule has 4 rings (SSSR count). The molecular weight excluding hydrogens is 446 g/mol. The summed E-state index contributed by atoms with van der Waals surface area (Å²) in [5.74, 6) is -1.02. The Labute approximate surface area is 193 Å². The van der Waals surface area contributed by atoms with E-state index in [1.165, 1.54) is 36.4 Å². The summed E-state index contributed by atoms with van der Waals surface area (Å²) in [6, 6.07) is 14.2. The van der Waals surface area contributed by atoms with E-state index in [4.69, 9.17) is 18.6 Å². The SMILES string of the molecule is CCOC(=O)c1ccc(Oc2c(C)oc3cc(OCc4c(F)cccc4F)ccc3c2=O)cc1. The first-order chi connectivity index (χ1) is 16.4. The molecule has 0 fully saturated rings. The van der Waals surface area contributed by atoms with E-state index in [-0.39, 0.29) is 47.0 Å². The molecule has 174 valence electrons. The Morgan fingerprint density at radius 2 is 1.65 bits per heavy atom. The van der Waals surface area contributed by atoms with Crippen LogP contribution in [0, 0.1) is 18.6 Å². The number of hydrogen-bond donors (Lipinski definition) is 0. The fourth-order valence-corrected chi connectivity index (χ4v) is 3.29. The standard InChI is InChI=1S/C26H20F2O6/c1-3-31-26(30)16-7-9-17(10-8-16)34-25-15(2)33-23-13-18(11-12-19(23)24(25)29)32-14-20-21(27)5-4-6-22(20)28/h4-13H,3,14H2,1-2H3. The van der Waals surface area contributed by atoms with Crippen molar-refractivity contribution in [3.63, 3.8) is 0 Å². The first-order valence-electron chi connectivity index (χ1n) is 10.5. The fraction of sp³-hybridized carbons (Fsp3) is 0.154. The Morgan fingerprint density at radius 3 is 2.32 bits per heavy atom. The maximum Gasteiger partial charge on any atom is 0.338 e. The highest BCUT2D eigenvalue weighted by atomic mass is 19.1. The van der Waals surface area contributed by atoms with Gasteiger partial charge in [0.1, 0.15) is 41.1 Å². The van der Waals surface area contributed by atoms with Gasteiger partial charge in [0.25, 0.3) is 0 Å². The molecule has 8 heteroatoms. The Hall–Kier alpha value is -4.20. The van der Waals surface area contributed by atoms with Gasteiger partial charge in [0.2, 0.25) is 11.2 Å². The molecule has 34 heavy (non-hydrogen) atoms. The molecule has 0 amide bonds. The van der Waals surface area contributed by atoms with Gasteiger partial charge in [0, 0.05) is 6.07 Å². The molecule has 4 aromatic rings. The summed E-state index contributed by atoms with van der Waals surface area (Å²) < 4.78 is 49.6. The quantitative estimate of drug-likeness (QED) is 0.315. The maximum atomic E-state index is 13.8. The molecule has 0 aliphatic rings. The number of carbonyl (C=O) groups excluding carboxylic acids is 1. The van der Waals surface area contributed by atoms with E-state index in [2.05, 4.69) is 0 Å². The van der Waals surface area contributed by atoms with Gasteiger partial charge in [-0.3, -0.25) is 4.79 Å². The minimum atomic E-state index is -0.708. The van der Waals surface area contributed by atoms with Crippen LogP contribution >= 0.6 is 0 Å². The minimum Gasteiger partial charge on any atom is -0.489 e. The largest absolute Gasteiger partial charge is 0.489 e. The molecule has 0 aliphatic carbocycles. The summed E-state index contributed by atoms with van der Waals surface area (Å²) in [5, 5.41) is 0.244. The van der Waals surface area contributed by atoms with Crippen molar-refractivity contribution < 1.29 is 32.2 Å². The Bertz CT molecular complexity index is 1390. The number of ether oxygens (including phenoxy) is 3. The highest BCUT2D eigenvalue weighted by molar-refractivity contribution is 5.89. The summed E-state index contributed by atoms with van der Waals surface area (Å²) in [6.07, 6.45) is 0. The smallest absolute Gasteiger partial charge is 0.338 e. The molecule has 0 bridgehead atoms. The van der Waals surface area contributed by atoms with Gasteiger partial charge in [0.05, 0.1) is 23.1 Å². The number of esters is 1. The molecular formula is C26H20F2O6. The third-order valence-electron chi connectivity index (χ3n) is 5.02. The second-order valence-corrected chi connectivity index (χ2v) is 7.31. The van der Waals surface area contributed by atoms with Gasteiger partial charge in [-0.05, 0) is 62.4 Å². The van der Waals surface area contributed by atoms with Gasteiger partial charge in [-0.2, -0.15) is 0 Å². The second-order valence-electron chi connectivity index (χ2n) is 7.31. The van der Waals surface area contributed by atoms with Crippen LogP contribution in [0.5, 0.6) is 17.2 Å². The van der Waals surface area contributed by atoms with Crippen LogP contribution in [0.4, 0.5) is 8.78 Å². The van der Waals surface area contributed by atoms with Gasteiger partial charge in [-0.1, -0.05) is 6.07 Å². The van der Waals surface area contributed by atoms with Gasteiger partial charge in [-0.25, -0.2) is 13.6 Å². The molecule has 0 saturated heterocycles. The lowest BCUT2D eigenvalue weighted by Gasteiger charge is -2.11. The molecule has 0 spiro atoms. The number of benzene rings is 3. The molecule has 0 unspecified atom stereocenters. The van der Waals surface area contributed by atoms with E-state index >= 15 is 0 Å². The van der Waals surface area contributed by atoms with Crippen LogP contribution in [-0.4, -0.2) is 12.6 Å². The number of fused-ring (bicyclic) bond motifs is 1. The van der Waals surface area contributed by atoms with E-state index < -0.39 is 23.0 Å². The lowest BCUT2D eigenvalue weighted by atomic mass is 10.2. The molecule has 6 nitrogen and oxygen atoms in total. The van der Waals surface area contributed by atoms with E-state index in [9.17, 15) is 18.4 Å².